The van der Waals surface area contributed by atoms with Crippen LogP contribution in [0.15, 0.2) is 18.2 Å². The third-order valence-electron chi connectivity index (χ3n) is 2.29. The number of halogens is 1. The molecule has 0 aliphatic rings. The highest BCUT2D eigenvalue weighted by atomic mass is 35.5. The van der Waals surface area contributed by atoms with Crippen LogP contribution < -0.4 is 5.32 Å². The molecule has 0 fully saturated rings. The van der Waals surface area contributed by atoms with Gasteiger partial charge in [-0.1, -0.05) is 22.9 Å². The number of aromatic amines is 1. The molecule has 0 aliphatic heterocycles. The molecule has 1 aromatic carbocycles. The van der Waals surface area contributed by atoms with Crippen LogP contribution in [0, 0.1) is 10.1 Å². The molecule has 0 spiro atoms. The summed E-state index contributed by atoms with van der Waals surface area (Å²) in [5, 5.41) is 27.3. The molecular weight excluding hydrogens is 260 g/mol. The van der Waals surface area contributed by atoms with Crippen LogP contribution in [-0.2, 0) is 0 Å². The molecule has 0 saturated carbocycles. The largest absolute Gasteiger partial charge is 0.370 e. The molecule has 1 aromatic heterocycles. The Morgan fingerprint density at radius 1 is 1.56 bits per heavy atom. The van der Waals surface area contributed by atoms with Crippen molar-refractivity contribution < 1.29 is 4.92 Å². The summed E-state index contributed by atoms with van der Waals surface area (Å²) >= 11 is 5.80. The number of anilines is 1. The number of nitro groups is 1. The lowest BCUT2D eigenvalue weighted by molar-refractivity contribution is -0.383. The Balaban J connectivity index is 2.29. The highest BCUT2D eigenvalue weighted by Crippen LogP contribution is 2.33. The Morgan fingerprint density at radius 2 is 2.33 bits per heavy atom. The molecule has 1 heterocycles. The maximum absolute atomic E-state index is 10.9. The molecule has 2 N–H and O–H groups in total. The summed E-state index contributed by atoms with van der Waals surface area (Å²) in [6, 6.07) is 4.33. The van der Waals surface area contributed by atoms with Gasteiger partial charge in [0.05, 0.1) is 11.0 Å². The molecule has 0 amide bonds. The molecule has 8 nitrogen and oxygen atoms in total. The summed E-state index contributed by atoms with van der Waals surface area (Å²) < 4.78 is 0. The molecule has 0 radical (unpaired) electrons. The van der Waals surface area contributed by atoms with Crippen molar-refractivity contribution >= 4 is 23.0 Å². The molecule has 18 heavy (non-hydrogen) atoms. The SMILES string of the molecule is CC(Nc1cccc(Cl)c1[N+](=O)[O-])c1nn[nH]n1. The Kier molecular flexibility index (Phi) is 3.38. The Bertz CT molecular complexity index is 558. The zero-order valence-corrected chi connectivity index (χ0v) is 10.0. The lowest BCUT2D eigenvalue weighted by Crippen LogP contribution is -2.10. The fraction of sp³-hybridized carbons (Fsp3) is 0.222. The number of rotatable bonds is 4. The van der Waals surface area contributed by atoms with Crippen molar-refractivity contribution in [2.45, 2.75) is 13.0 Å². The first-order valence-corrected chi connectivity index (χ1v) is 5.40. The fourth-order valence-corrected chi connectivity index (χ4v) is 1.71. The highest BCUT2D eigenvalue weighted by molar-refractivity contribution is 6.33. The van der Waals surface area contributed by atoms with Crippen molar-refractivity contribution in [3.05, 3.63) is 39.2 Å². The van der Waals surface area contributed by atoms with E-state index in [1.54, 1.807) is 19.1 Å². The van der Waals surface area contributed by atoms with Crippen molar-refractivity contribution in [1.29, 1.82) is 0 Å². The summed E-state index contributed by atoms with van der Waals surface area (Å²) in [4.78, 5) is 10.4. The molecule has 0 bridgehead atoms. The lowest BCUT2D eigenvalue weighted by Gasteiger charge is -2.11. The summed E-state index contributed by atoms with van der Waals surface area (Å²) in [5.74, 6) is 0.407. The minimum Gasteiger partial charge on any atom is -0.370 e. The van der Waals surface area contributed by atoms with E-state index < -0.39 is 4.92 Å². The van der Waals surface area contributed by atoms with Gasteiger partial charge in [-0.3, -0.25) is 10.1 Å². The molecule has 9 heteroatoms. The van der Waals surface area contributed by atoms with Gasteiger partial charge in [-0.05, 0) is 19.1 Å². The van der Waals surface area contributed by atoms with Crippen LogP contribution in [-0.4, -0.2) is 25.5 Å². The second-order valence-corrected chi connectivity index (χ2v) is 3.94. The number of nitrogens with one attached hydrogen (secondary N) is 2. The minimum absolute atomic E-state index is 0.0744. The van der Waals surface area contributed by atoms with E-state index in [-0.39, 0.29) is 16.8 Å². The van der Waals surface area contributed by atoms with Crippen LogP contribution in [0.5, 0.6) is 0 Å². The van der Waals surface area contributed by atoms with Crippen LogP contribution in [0.25, 0.3) is 0 Å². The second-order valence-electron chi connectivity index (χ2n) is 3.53. The predicted molar refractivity (Wildman–Crippen MR) is 64.3 cm³/mol. The average Bonchev–Trinajstić information content (AvgIpc) is 2.81. The van der Waals surface area contributed by atoms with Gasteiger partial charge in [0, 0.05) is 0 Å². The molecule has 2 rings (SSSR count). The van der Waals surface area contributed by atoms with Gasteiger partial charge in [-0.2, -0.15) is 5.21 Å². The highest BCUT2D eigenvalue weighted by Gasteiger charge is 2.21. The van der Waals surface area contributed by atoms with E-state index in [1.165, 1.54) is 6.07 Å². The third kappa shape index (κ3) is 2.38. The molecule has 94 valence electrons. The second kappa shape index (κ2) is 4.96. The van der Waals surface area contributed by atoms with Crippen molar-refractivity contribution in [3.63, 3.8) is 0 Å². The quantitative estimate of drug-likeness (QED) is 0.648. The zero-order chi connectivity index (χ0) is 13.1. The summed E-state index contributed by atoms with van der Waals surface area (Å²) in [6.45, 7) is 1.76. The molecule has 2 aromatic rings. The van der Waals surface area contributed by atoms with Gasteiger partial charge in [0.2, 0.25) is 0 Å². The van der Waals surface area contributed by atoms with Crippen LogP contribution in [0.1, 0.15) is 18.8 Å². The van der Waals surface area contributed by atoms with E-state index in [0.717, 1.165) is 0 Å². The van der Waals surface area contributed by atoms with Gasteiger partial charge in [0.15, 0.2) is 5.82 Å². The van der Waals surface area contributed by atoms with Gasteiger partial charge < -0.3 is 5.32 Å². The number of tetrazole rings is 1. The van der Waals surface area contributed by atoms with Gasteiger partial charge in [-0.25, -0.2) is 0 Å². The number of nitrogens with zero attached hydrogens (tertiary/aromatic N) is 4. The number of benzene rings is 1. The van der Waals surface area contributed by atoms with E-state index in [4.69, 9.17) is 11.6 Å². The average molecular weight is 269 g/mol. The lowest BCUT2D eigenvalue weighted by atomic mass is 10.2. The number of aromatic nitrogens is 4. The topological polar surface area (TPSA) is 110 Å². The molecule has 0 aliphatic carbocycles. The number of para-hydroxylation sites is 1. The standard InChI is InChI=1S/C9H9ClN6O2/c1-5(9-12-14-15-13-9)11-7-4-2-3-6(10)8(7)16(17)18/h2-5,11H,1H3,(H,12,13,14,15). The number of nitro benzene ring substituents is 1. The molecule has 0 saturated heterocycles. The number of hydrogen-bond donors (Lipinski definition) is 2. The monoisotopic (exact) mass is 268 g/mol. The van der Waals surface area contributed by atoms with Crippen LogP contribution in [0.3, 0.4) is 0 Å². The first kappa shape index (κ1) is 12.2. The molecule has 1 unspecified atom stereocenters. The minimum atomic E-state index is -0.534. The predicted octanol–water partition coefficient (Wildman–Crippen LogP) is 1.93. The molecular formula is C9H9ClN6O2. The normalized spacial score (nSPS) is 12.1. The van der Waals surface area contributed by atoms with Gasteiger partial charge >= 0.3 is 5.69 Å². The molecule has 1 atom stereocenters. The number of H-pyrrole nitrogens is 1. The van der Waals surface area contributed by atoms with Crippen molar-refractivity contribution in [1.82, 2.24) is 20.6 Å². The number of hydrogen-bond acceptors (Lipinski definition) is 6. The van der Waals surface area contributed by atoms with E-state index >= 15 is 0 Å². The smallest absolute Gasteiger partial charge is 0.310 e. The van der Waals surface area contributed by atoms with E-state index in [9.17, 15) is 10.1 Å². The van der Waals surface area contributed by atoms with E-state index in [2.05, 4.69) is 25.9 Å². The van der Waals surface area contributed by atoms with E-state index in [1.807, 2.05) is 0 Å². The Morgan fingerprint density at radius 3 is 2.94 bits per heavy atom. The van der Waals surface area contributed by atoms with E-state index in [0.29, 0.717) is 11.5 Å². The third-order valence-corrected chi connectivity index (χ3v) is 2.60. The summed E-state index contributed by atoms with van der Waals surface area (Å²) in [7, 11) is 0. The fourth-order valence-electron chi connectivity index (χ4n) is 1.47. The first-order chi connectivity index (χ1) is 8.59. The Hall–Kier alpha value is -2.22. The summed E-state index contributed by atoms with van der Waals surface area (Å²) in [5.41, 5.74) is 0.138. The van der Waals surface area contributed by atoms with Gasteiger partial charge in [0.25, 0.3) is 0 Å². The first-order valence-electron chi connectivity index (χ1n) is 5.02. The summed E-state index contributed by atoms with van der Waals surface area (Å²) in [6.07, 6.45) is 0. The van der Waals surface area contributed by atoms with Crippen molar-refractivity contribution in [2.24, 2.45) is 0 Å². The van der Waals surface area contributed by atoms with Crippen molar-refractivity contribution in [3.8, 4) is 0 Å². The maximum Gasteiger partial charge on any atom is 0.310 e. The Labute approximate surface area is 106 Å². The maximum atomic E-state index is 10.9. The van der Waals surface area contributed by atoms with Crippen LogP contribution >= 0.6 is 11.6 Å². The van der Waals surface area contributed by atoms with Crippen LogP contribution in [0.4, 0.5) is 11.4 Å². The van der Waals surface area contributed by atoms with Gasteiger partial charge in [0.1, 0.15) is 10.7 Å². The van der Waals surface area contributed by atoms with Crippen LogP contribution in [0.2, 0.25) is 5.02 Å². The van der Waals surface area contributed by atoms with Gasteiger partial charge in [-0.15, -0.1) is 10.2 Å². The van der Waals surface area contributed by atoms with Crippen molar-refractivity contribution in [2.75, 3.05) is 5.32 Å². The zero-order valence-electron chi connectivity index (χ0n) is 9.29.